The highest BCUT2D eigenvalue weighted by atomic mass is 16.4. The van der Waals surface area contributed by atoms with Crippen LogP contribution in [0.25, 0.3) is 0 Å². The summed E-state index contributed by atoms with van der Waals surface area (Å²) < 4.78 is 0. The number of hydrogen-bond donors (Lipinski definition) is 1. The van der Waals surface area contributed by atoms with Crippen molar-refractivity contribution in [3.05, 3.63) is 0 Å². The first-order valence-electron chi connectivity index (χ1n) is 6.59. The zero-order valence-electron chi connectivity index (χ0n) is 11.9. The van der Waals surface area contributed by atoms with Crippen LogP contribution in [0.1, 0.15) is 40.5 Å². The molecule has 0 aromatic rings. The number of rotatable bonds is 6. The van der Waals surface area contributed by atoms with Gasteiger partial charge in [-0.05, 0) is 27.7 Å². The second-order valence-corrected chi connectivity index (χ2v) is 5.39. The van der Waals surface area contributed by atoms with Gasteiger partial charge in [-0.1, -0.05) is 0 Å². The van der Waals surface area contributed by atoms with Crippen molar-refractivity contribution in [3.63, 3.8) is 0 Å². The predicted octanol–water partition coefficient (Wildman–Crippen LogP) is 0.707. The van der Waals surface area contributed by atoms with Gasteiger partial charge in [0.15, 0.2) is 0 Å². The third-order valence-electron chi connectivity index (χ3n) is 3.32. The molecule has 1 saturated heterocycles. The van der Waals surface area contributed by atoms with Crippen LogP contribution in [0.4, 0.5) is 0 Å². The summed E-state index contributed by atoms with van der Waals surface area (Å²) in [5.41, 5.74) is 0. The number of nitrogens with zero attached hydrogens (tertiary/aromatic N) is 2. The van der Waals surface area contributed by atoms with E-state index in [2.05, 4.69) is 0 Å². The van der Waals surface area contributed by atoms with Crippen LogP contribution >= 0.6 is 0 Å². The van der Waals surface area contributed by atoms with Crippen LogP contribution in [0, 0.1) is 0 Å². The number of hydrogen-bond acceptors (Lipinski definition) is 4. The minimum atomic E-state index is -0.900. The monoisotopic (exact) mass is 270 g/mol. The van der Waals surface area contributed by atoms with Crippen molar-refractivity contribution in [2.24, 2.45) is 0 Å². The molecule has 1 N–H and O–H groups in total. The highest BCUT2D eigenvalue weighted by Gasteiger charge is 2.43. The first kappa shape index (κ1) is 15.6. The van der Waals surface area contributed by atoms with E-state index in [9.17, 15) is 14.4 Å². The van der Waals surface area contributed by atoms with Crippen LogP contribution in [-0.2, 0) is 14.4 Å². The quantitative estimate of drug-likeness (QED) is 0.719. The fourth-order valence-electron chi connectivity index (χ4n) is 2.43. The Balaban J connectivity index is 2.84. The molecule has 0 aromatic carbocycles. The Morgan fingerprint density at radius 3 is 2.32 bits per heavy atom. The number of imide groups is 1. The van der Waals surface area contributed by atoms with E-state index in [1.165, 1.54) is 4.90 Å². The molecule has 19 heavy (non-hydrogen) atoms. The molecule has 1 heterocycles. The van der Waals surface area contributed by atoms with E-state index in [0.29, 0.717) is 0 Å². The summed E-state index contributed by atoms with van der Waals surface area (Å²) in [4.78, 5) is 37.9. The van der Waals surface area contributed by atoms with Crippen molar-refractivity contribution in [2.75, 3.05) is 6.54 Å². The van der Waals surface area contributed by atoms with E-state index in [0.717, 1.165) is 0 Å². The van der Waals surface area contributed by atoms with Gasteiger partial charge >= 0.3 is 5.97 Å². The van der Waals surface area contributed by atoms with Crippen LogP contribution < -0.4 is 0 Å². The van der Waals surface area contributed by atoms with E-state index < -0.39 is 12.0 Å². The molecule has 1 unspecified atom stereocenters. The third kappa shape index (κ3) is 3.53. The Kier molecular flexibility index (Phi) is 5.05. The maximum atomic E-state index is 12.3. The summed E-state index contributed by atoms with van der Waals surface area (Å²) >= 11 is 0. The van der Waals surface area contributed by atoms with Gasteiger partial charge in [0.25, 0.3) is 0 Å². The van der Waals surface area contributed by atoms with E-state index in [1.807, 2.05) is 13.8 Å². The number of carbonyl (C=O) groups excluding carboxylic acids is 2. The third-order valence-corrected chi connectivity index (χ3v) is 3.32. The van der Waals surface area contributed by atoms with Gasteiger partial charge in [0, 0.05) is 18.6 Å². The lowest BCUT2D eigenvalue weighted by molar-refractivity contribution is -0.143. The highest BCUT2D eigenvalue weighted by molar-refractivity contribution is 6.05. The molecule has 0 aliphatic carbocycles. The van der Waals surface area contributed by atoms with Crippen molar-refractivity contribution in [1.29, 1.82) is 0 Å². The van der Waals surface area contributed by atoms with Gasteiger partial charge in [-0.15, -0.1) is 0 Å². The van der Waals surface area contributed by atoms with Crippen LogP contribution in [0.15, 0.2) is 0 Å². The average Bonchev–Trinajstić information content (AvgIpc) is 2.53. The zero-order valence-corrected chi connectivity index (χ0v) is 11.9. The van der Waals surface area contributed by atoms with Gasteiger partial charge in [-0.25, -0.2) is 0 Å². The molecular formula is C13H22N2O4. The molecule has 1 aliphatic rings. The number of amides is 2. The molecule has 0 bridgehead atoms. The first-order chi connectivity index (χ1) is 8.75. The van der Waals surface area contributed by atoms with Gasteiger partial charge in [0.2, 0.25) is 11.8 Å². The normalized spacial score (nSPS) is 20.2. The molecule has 0 radical (unpaired) electrons. The van der Waals surface area contributed by atoms with Gasteiger partial charge in [0.1, 0.15) is 0 Å². The standard InChI is InChI=1S/C13H22N2O4/c1-8(2)14(6-5-12(17)18)10-7-11(16)15(9(3)4)13(10)19/h8-10H,5-7H2,1-4H3,(H,17,18). The van der Waals surface area contributed by atoms with Crippen LogP contribution in [0.5, 0.6) is 0 Å². The van der Waals surface area contributed by atoms with Gasteiger partial charge < -0.3 is 5.11 Å². The number of carbonyl (C=O) groups is 3. The Labute approximate surface area is 113 Å². The van der Waals surface area contributed by atoms with Gasteiger partial charge in [0.05, 0.1) is 18.9 Å². The Morgan fingerprint density at radius 1 is 1.37 bits per heavy atom. The van der Waals surface area contributed by atoms with Gasteiger partial charge in [-0.3, -0.25) is 24.2 Å². The Hall–Kier alpha value is -1.43. The zero-order chi connectivity index (χ0) is 14.7. The van der Waals surface area contributed by atoms with Crippen LogP contribution in [-0.4, -0.2) is 57.4 Å². The first-order valence-corrected chi connectivity index (χ1v) is 6.59. The number of aliphatic carboxylic acids is 1. The van der Waals surface area contributed by atoms with Gasteiger partial charge in [-0.2, -0.15) is 0 Å². The molecular weight excluding hydrogens is 248 g/mol. The highest BCUT2D eigenvalue weighted by Crippen LogP contribution is 2.22. The maximum Gasteiger partial charge on any atom is 0.304 e. The number of carboxylic acids is 1. The minimum Gasteiger partial charge on any atom is -0.481 e. The Bertz CT molecular complexity index is 379. The largest absolute Gasteiger partial charge is 0.481 e. The topological polar surface area (TPSA) is 77.9 Å². The lowest BCUT2D eigenvalue weighted by atomic mass is 10.1. The van der Waals surface area contributed by atoms with E-state index in [4.69, 9.17) is 5.11 Å². The molecule has 2 amide bonds. The van der Waals surface area contributed by atoms with Crippen LogP contribution in [0.3, 0.4) is 0 Å². The molecule has 1 rings (SSSR count). The fourth-order valence-corrected chi connectivity index (χ4v) is 2.43. The van der Waals surface area contributed by atoms with Crippen molar-refractivity contribution in [1.82, 2.24) is 9.80 Å². The van der Waals surface area contributed by atoms with Crippen molar-refractivity contribution in [3.8, 4) is 0 Å². The molecule has 1 atom stereocenters. The van der Waals surface area contributed by atoms with Crippen molar-refractivity contribution < 1.29 is 19.5 Å². The SMILES string of the molecule is CC(C)N1C(=O)CC(N(CCC(=O)O)C(C)C)C1=O. The van der Waals surface area contributed by atoms with Crippen molar-refractivity contribution >= 4 is 17.8 Å². The lowest BCUT2D eigenvalue weighted by Crippen LogP contribution is -2.47. The second-order valence-electron chi connectivity index (χ2n) is 5.39. The van der Waals surface area contributed by atoms with E-state index >= 15 is 0 Å². The molecule has 108 valence electrons. The second kappa shape index (κ2) is 6.14. The maximum absolute atomic E-state index is 12.3. The molecule has 1 fully saturated rings. The lowest BCUT2D eigenvalue weighted by Gasteiger charge is -2.30. The molecule has 6 heteroatoms. The Morgan fingerprint density at radius 2 is 1.95 bits per heavy atom. The predicted molar refractivity (Wildman–Crippen MR) is 69.5 cm³/mol. The molecule has 6 nitrogen and oxygen atoms in total. The number of likely N-dealkylation sites (tertiary alicyclic amines) is 1. The van der Waals surface area contributed by atoms with Crippen molar-refractivity contribution in [2.45, 2.75) is 58.7 Å². The summed E-state index contributed by atoms with van der Waals surface area (Å²) in [7, 11) is 0. The molecule has 0 aromatic heterocycles. The summed E-state index contributed by atoms with van der Waals surface area (Å²) in [6.07, 6.45) is 0.118. The number of carboxylic acid groups (broad SMARTS) is 1. The molecule has 0 saturated carbocycles. The summed E-state index contributed by atoms with van der Waals surface area (Å²) in [6.45, 7) is 7.68. The molecule has 0 spiro atoms. The summed E-state index contributed by atoms with van der Waals surface area (Å²) in [5, 5.41) is 8.76. The summed E-state index contributed by atoms with van der Waals surface area (Å²) in [5.74, 6) is -1.28. The van der Waals surface area contributed by atoms with Crippen LogP contribution in [0.2, 0.25) is 0 Å². The minimum absolute atomic E-state index is 0.0215. The van der Waals surface area contributed by atoms with E-state index in [-0.39, 0.29) is 43.3 Å². The average molecular weight is 270 g/mol. The summed E-state index contributed by atoms with van der Waals surface area (Å²) in [6, 6.07) is -0.652. The van der Waals surface area contributed by atoms with E-state index in [1.54, 1.807) is 18.7 Å². The molecule has 1 aliphatic heterocycles. The fraction of sp³-hybridized carbons (Fsp3) is 0.769. The smallest absolute Gasteiger partial charge is 0.304 e.